The Kier molecular flexibility index (Phi) is 3.48. The number of nitrogens with zero attached hydrogens (tertiary/aromatic N) is 2. The summed E-state index contributed by atoms with van der Waals surface area (Å²) in [5.41, 5.74) is 2.17. The molecule has 0 saturated heterocycles. The molecule has 0 radical (unpaired) electrons. The third-order valence-corrected chi connectivity index (χ3v) is 4.59. The van der Waals surface area contributed by atoms with Gasteiger partial charge in [0.15, 0.2) is 5.78 Å². The molecule has 0 aromatic carbocycles. The molecule has 1 unspecified atom stereocenters. The van der Waals surface area contributed by atoms with Gasteiger partial charge < -0.3 is 4.90 Å². The van der Waals surface area contributed by atoms with Crippen molar-refractivity contribution in [3.05, 3.63) is 23.0 Å². The van der Waals surface area contributed by atoms with Crippen molar-refractivity contribution in [3.8, 4) is 0 Å². The van der Waals surface area contributed by atoms with Gasteiger partial charge in [-0.05, 0) is 25.3 Å². The van der Waals surface area contributed by atoms with Gasteiger partial charge in [0, 0.05) is 29.9 Å². The molecule has 2 heterocycles. The Bertz CT molecular complexity index is 497. The van der Waals surface area contributed by atoms with Crippen LogP contribution in [0.1, 0.15) is 44.6 Å². The Labute approximate surface area is 119 Å². The van der Waals surface area contributed by atoms with Crippen molar-refractivity contribution >= 4 is 23.1 Å². The summed E-state index contributed by atoms with van der Waals surface area (Å²) >= 11 is 6.05. The van der Waals surface area contributed by atoms with Crippen molar-refractivity contribution in [2.75, 3.05) is 4.90 Å². The van der Waals surface area contributed by atoms with E-state index < -0.39 is 0 Å². The highest BCUT2D eigenvalue weighted by atomic mass is 35.5. The normalized spacial score (nSPS) is 23.8. The number of carbonyl (C=O) groups excluding carboxylic acids is 1. The number of hydrogen-bond acceptors (Lipinski definition) is 3. The number of pyridine rings is 1. The fraction of sp³-hybridized carbons (Fsp3) is 0.600. The van der Waals surface area contributed by atoms with Crippen LogP contribution in [0, 0.1) is 0 Å². The minimum absolute atomic E-state index is 0.0223. The lowest BCUT2D eigenvalue weighted by atomic mass is 9.92. The van der Waals surface area contributed by atoms with Gasteiger partial charge in [0.1, 0.15) is 5.15 Å². The summed E-state index contributed by atoms with van der Waals surface area (Å²) in [5, 5.41) is 0.519. The lowest BCUT2D eigenvalue weighted by Gasteiger charge is -2.41. The molecule has 1 aromatic heterocycles. The zero-order chi connectivity index (χ0) is 13.4. The minimum atomic E-state index is 0.0223. The van der Waals surface area contributed by atoms with E-state index in [4.69, 9.17) is 11.6 Å². The summed E-state index contributed by atoms with van der Waals surface area (Å²) in [6.45, 7) is 2.10. The van der Waals surface area contributed by atoms with Crippen LogP contribution in [0.3, 0.4) is 0 Å². The van der Waals surface area contributed by atoms with Crippen LogP contribution in [0.4, 0.5) is 5.69 Å². The first-order valence-corrected chi connectivity index (χ1v) is 7.54. The van der Waals surface area contributed by atoms with E-state index in [1.54, 1.807) is 6.20 Å². The lowest BCUT2D eigenvalue weighted by Crippen LogP contribution is -2.50. The van der Waals surface area contributed by atoms with E-state index in [9.17, 15) is 4.79 Å². The Hall–Kier alpha value is -1.09. The van der Waals surface area contributed by atoms with Crippen LogP contribution in [0.5, 0.6) is 0 Å². The predicted molar refractivity (Wildman–Crippen MR) is 76.8 cm³/mol. The molecule has 1 saturated carbocycles. The average Bonchev–Trinajstić information content (AvgIpc) is 2.91. The lowest BCUT2D eigenvalue weighted by molar-refractivity contribution is -0.120. The first-order chi connectivity index (χ1) is 9.20. The molecule has 19 heavy (non-hydrogen) atoms. The van der Waals surface area contributed by atoms with E-state index in [2.05, 4.69) is 16.8 Å². The summed E-state index contributed by atoms with van der Waals surface area (Å²) in [4.78, 5) is 18.8. The molecule has 0 amide bonds. The Morgan fingerprint density at radius 3 is 2.84 bits per heavy atom. The number of hydrogen-bond donors (Lipinski definition) is 0. The van der Waals surface area contributed by atoms with E-state index in [1.165, 1.54) is 25.7 Å². The van der Waals surface area contributed by atoms with Crippen LogP contribution in [0.15, 0.2) is 12.3 Å². The van der Waals surface area contributed by atoms with Gasteiger partial charge in [-0.2, -0.15) is 0 Å². The van der Waals surface area contributed by atoms with Gasteiger partial charge in [0.05, 0.1) is 6.04 Å². The van der Waals surface area contributed by atoms with Gasteiger partial charge in [-0.25, -0.2) is 4.98 Å². The van der Waals surface area contributed by atoms with Gasteiger partial charge in [-0.1, -0.05) is 31.4 Å². The number of ketones is 1. The van der Waals surface area contributed by atoms with E-state index in [0.29, 0.717) is 23.4 Å². The maximum absolute atomic E-state index is 12.3. The molecule has 2 aliphatic rings. The van der Waals surface area contributed by atoms with Crippen LogP contribution in [-0.2, 0) is 11.2 Å². The predicted octanol–water partition coefficient (Wildman–Crippen LogP) is 3.39. The van der Waals surface area contributed by atoms with Crippen molar-refractivity contribution < 1.29 is 4.79 Å². The topological polar surface area (TPSA) is 33.2 Å². The minimum Gasteiger partial charge on any atom is -0.358 e. The number of Topliss-reactive ketones (excluding diaryl/α,β-unsaturated/α-hetero) is 1. The molecule has 1 aliphatic heterocycles. The molecule has 1 aromatic rings. The monoisotopic (exact) mass is 278 g/mol. The second kappa shape index (κ2) is 5.12. The summed E-state index contributed by atoms with van der Waals surface area (Å²) in [6.07, 6.45) is 8.03. The highest BCUT2D eigenvalue weighted by Crippen LogP contribution is 2.37. The molecular formula is C15H19ClN2O. The Morgan fingerprint density at radius 1 is 1.42 bits per heavy atom. The van der Waals surface area contributed by atoms with Crippen LogP contribution in [0.2, 0.25) is 5.15 Å². The zero-order valence-electron chi connectivity index (χ0n) is 11.2. The first kappa shape index (κ1) is 12.9. The SMILES string of the molecule is CCC1C(=O)Cc2cnc(Cl)cc2N1C1CCCC1. The Morgan fingerprint density at radius 2 is 2.16 bits per heavy atom. The van der Waals surface area contributed by atoms with Gasteiger partial charge in [-0.15, -0.1) is 0 Å². The second-order valence-corrected chi connectivity index (χ2v) is 5.94. The quantitative estimate of drug-likeness (QED) is 0.778. The molecule has 1 fully saturated rings. The van der Waals surface area contributed by atoms with Crippen molar-refractivity contribution in [1.82, 2.24) is 4.98 Å². The highest BCUT2D eigenvalue weighted by Gasteiger charge is 2.37. The van der Waals surface area contributed by atoms with Crippen LogP contribution < -0.4 is 4.90 Å². The maximum atomic E-state index is 12.3. The number of halogens is 1. The third-order valence-electron chi connectivity index (χ3n) is 4.38. The molecule has 0 bridgehead atoms. The molecule has 1 atom stereocenters. The fourth-order valence-corrected chi connectivity index (χ4v) is 3.66. The van der Waals surface area contributed by atoms with Crippen molar-refractivity contribution in [3.63, 3.8) is 0 Å². The number of rotatable bonds is 2. The van der Waals surface area contributed by atoms with Gasteiger partial charge in [-0.3, -0.25) is 4.79 Å². The van der Waals surface area contributed by atoms with Crippen molar-refractivity contribution in [1.29, 1.82) is 0 Å². The highest BCUT2D eigenvalue weighted by molar-refractivity contribution is 6.29. The third kappa shape index (κ3) is 2.25. The van der Waals surface area contributed by atoms with E-state index in [1.807, 2.05) is 6.07 Å². The van der Waals surface area contributed by atoms with Gasteiger partial charge in [0.25, 0.3) is 0 Å². The first-order valence-electron chi connectivity index (χ1n) is 7.16. The second-order valence-electron chi connectivity index (χ2n) is 5.55. The molecule has 4 heteroatoms. The number of anilines is 1. The van der Waals surface area contributed by atoms with Gasteiger partial charge in [0.2, 0.25) is 0 Å². The smallest absolute Gasteiger partial charge is 0.159 e. The average molecular weight is 279 g/mol. The van der Waals surface area contributed by atoms with Crippen molar-refractivity contribution in [2.45, 2.75) is 57.5 Å². The van der Waals surface area contributed by atoms with Crippen molar-refractivity contribution in [2.24, 2.45) is 0 Å². The molecule has 0 N–H and O–H groups in total. The summed E-state index contributed by atoms with van der Waals surface area (Å²) in [5.74, 6) is 0.325. The summed E-state index contributed by atoms with van der Waals surface area (Å²) in [6, 6.07) is 2.45. The molecule has 1 aliphatic carbocycles. The fourth-order valence-electron chi connectivity index (χ4n) is 3.51. The summed E-state index contributed by atoms with van der Waals surface area (Å²) in [7, 11) is 0. The standard InChI is InChI=1S/C15H19ClN2O/c1-2-12-14(19)7-10-9-17-15(16)8-13(10)18(12)11-5-3-4-6-11/h8-9,11-12H,2-7H2,1H3. The number of carbonyl (C=O) groups is 1. The number of fused-ring (bicyclic) bond motifs is 1. The van der Waals surface area contributed by atoms with E-state index >= 15 is 0 Å². The molecular weight excluding hydrogens is 260 g/mol. The van der Waals surface area contributed by atoms with Crippen LogP contribution in [0.25, 0.3) is 0 Å². The molecule has 102 valence electrons. The van der Waals surface area contributed by atoms with E-state index in [0.717, 1.165) is 17.7 Å². The Balaban J connectivity index is 2.05. The molecule has 3 nitrogen and oxygen atoms in total. The van der Waals surface area contributed by atoms with E-state index in [-0.39, 0.29) is 6.04 Å². The summed E-state index contributed by atoms with van der Waals surface area (Å²) < 4.78 is 0. The largest absolute Gasteiger partial charge is 0.358 e. The molecule has 0 spiro atoms. The van der Waals surface area contributed by atoms with Crippen LogP contribution >= 0.6 is 11.6 Å². The number of aromatic nitrogens is 1. The zero-order valence-corrected chi connectivity index (χ0v) is 12.0. The van der Waals surface area contributed by atoms with Crippen LogP contribution in [-0.4, -0.2) is 22.9 Å². The molecule has 3 rings (SSSR count). The van der Waals surface area contributed by atoms with Gasteiger partial charge >= 0.3 is 0 Å². The maximum Gasteiger partial charge on any atom is 0.159 e.